The summed E-state index contributed by atoms with van der Waals surface area (Å²) in [6, 6.07) is 9.93. The van der Waals surface area contributed by atoms with E-state index in [0.717, 1.165) is 24.8 Å². The van der Waals surface area contributed by atoms with Crippen molar-refractivity contribution < 1.29 is 18.7 Å². The summed E-state index contributed by atoms with van der Waals surface area (Å²) in [5, 5.41) is 10.0. The Balaban J connectivity index is 3.03. The highest BCUT2D eigenvalue weighted by Gasteiger charge is 2.48. The van der Waals surface area contributed by atoms with Gasteiger partial charge in [-0.2, -0.15) is 0 Å². The van der Waals surface area contributed by atoms with E-state index in [0.29, 0.717) is 6.61 Å². The molecule has 0 amide bonds. The Morgan fingerprint density at radius 2 is 1.63 bits per heavy atom. The van der Waals surface area contributed by atoms with Crippen molar-refractivity contribution in [1.29, 1.82) is 0 Å². The van der Waals surface area contributed by atoms with Crippen LogP contribution in [-0.2, 0) is 20.2 Å². The number of ether oxygens (including phenoxy) is 1. The second-order valence-electron chi connectivity index (χ2n) is 8.40. The minimum atomic E-state index is -2.69. The van der Waals surface area contributed by atoms with Gasteiger partial charge in [-0.15, -0.1) is 13.2 Å². The fraction of sp³-hybridized carbons (Fsp3) is 0.600. The number of aliphatic hydroxyl groups is 1. The second kappa shape index (κ2) is 13.9. The zero-order valence-electron chi connectivity index (χ0n) is 19.5. The van der Waals surface area contributed by atoms with Crippen molar-refractivity contribution in [3.05, 3.63) is 61.2 Å². The molecule has 0 aliphatic carbocycles. The fourth-order valence-corrected chi connectivity index (χ4v) is 7.46. The van der Waals surface area contributed by atoms with Crippen LogP contribution in [0.2, 0.25) is 11.1 Å². The molecule has 4 nitrogen and oxygen atoms in total. The van der Waals surface area contributed by atoms with E-state index in [9.17, 15) is 5.11 Å². The first kappa shape index (κ1) is 26.8. The highest BCUT2D eigenvalue weighted by Crippen LogP contribution is 2.38. The molecule has 1 rings (SSSR count). The van der Waals surface area contributed by atoms with E-state index in [1.807, 2.05) is 36.4 Å². The molecule has 0 spiro atoms. The molecule has 0 saturated heterocycles. The molecule has 1 N–H and O–H groups in total. The van der Waals surface area contributed by atoms with Crippen molar-refractivity contribution in [3.8, 4) is 0 Å². The molecule has 0 aliphatic heterocycles. The summed E-state index contributed by atoms with van der Waals surface area (Å²) in [6.45, 7) is 19.0. The maximum atomic E-state index is 10.0. The Morgan fingerprint density at radius 1 is 1.00 bits per heavy atom. The van der Waals surface area contributed by atoms with Crippen LogP contribution in [0.15, 0.2) is 55.6 Å². The van der Waals surface area contributed by atoms with Crippen molar-refractivity contribution in [2.24, 2.45) is 0 Å². The standard InChI is InChI=1S/C25H42O4Si/c1-8-11-17-23(9-2)28-30(20(4)5,21(6)7)29-24(10-3)25(18-26)27-19-22-15-13-12-14-16-22/h9-10,12-16,20-21,23-26H,2-3,8,11,17-19H2,1,4-7H3/t23-,24+,25+/m1/s1. The average molecular weight is 435 g/mol. The molecule has 1 aromatic carbocycles. The van der Waals surface area contributed by atoms with E-state index >= 15 is 0 Å². The molecule has 3 atom stereocenters. The lowest BCUT2D eigenvalue weighted by Crippen LogP contribution is -2.54. The van der Waals surface area contributed by atoms with E-state index in [4.69, 9.17) is 13.6 Å². The van der Waals surface area contributed by atoms with Crippen LogP contribution in [0.1, 0.15) is 59.4 Å². The highest BCUT2D eigenvalue weighted by atomic mass is 28.4. The van der Waals surface area contributed by atoms with Crippen molar-refractivity contribution in [2.45, 2.75) is 89.9 Å². The molecule has 5 heteroatoms. The summed E-state index contributed by atoms with van der Waals surface area (Å²) in [6.07, 6.45) is 5.76. The molecule has 0 saturated carbocycles. The lowest BCUT2D eigenvalue weighted by atomic mass is 10.2. The molecule has 30 heavy (non-hydrogen) atoms. The third-order valence-electron chi connectivity index (χ3n) is 5.46. The Morgan fingerprint density at radius 3 is 2.10 bits per heavy atom. The third-order valence-corrected chi connectivity index (χ3v) is 9.99. The first-order valence-corrected chi connectivity index (χ1v) is 13.2. The molecule has 0 fully saturated rings. The number of benzene rings is 1. The van der Waals surface area contributed by atoms with Gasteiger partial charge in [0, 0.05) is 0 Å². The summed E-state index contributed by atoms with van der Waals surface area (Å²) in [5.74, 6) is 0. The summed E-state index contributed by atoms with van der Waals surface area (Å²) in [4.78, 5) is 0. The zero-order chi connectivity index (χ0) is 22.6. The molecule has 0 radical (unpaired) electrons. The average Bonchev–Trinajstić information content (AvgIpc) is 2.75. The van der Waals surface area contributed by atoms with E-state index in [2.05, 4.69) is 47.8 Å². The lowest BCUT2D eigenvalue weighted by Gasteiger charge is -2.43. The van der Waals surface area contributed by atoms with Gasteiger partial charge in [0.2, 0.25) is 0 Å². The van der Waals surface area contributed by atoms with E-state index in [1.165, 1.54) is 0 Å². The van der Waals surface area contributed by atoms with E-state index in [-0.39, 0.29) is 23.8 Å². The molecule has 0 heterocycles. The van der Waals surface area contributed by atoms with Crippen LogP contribution in [-0.4, -0.2) is 38.6 Å². The largest absolute Gasteiger partial charge is 0.394 e. The first-order chi connectivity index (χ1) is 14.3. The summed E-state index contributed by atoms with van der Waals surface area (Å²) >= 11 is 0. The SMILES string of the molecule is C=C[C@H](CCCC)O[Si](O[C@@H](C=C)[C@H](CO)OCc1ccccc1)(C(C)C)C(C)C. The van der Waals surface area contributed by atoms with Gasteiger partial charge in [-0.1, -0.05) is 89.9 Å². The molecule has 0 bridgehead atoms. The summed E-state index contributed by atoms with van der Waals surface area (Å²) in [5.41, 5.74) is 1.49. The summed E-state index contributed by atoms with van der Waals surface area (Å²) < 4.78 is 19.5. The van der Waals surface area contributed by atoms with Crippen LogP contribution in [0, 0.1) is 0 Å². The number of hydrogen-bond donors (Lipinski definition) is 1. The van der Waals surface area contributed by atoms with Crippen molar-refractivity contribution in [3.63, 3.8) is 0 Å². The van der Waals surface area contributed by atoms with E-state index in [1.54, 1.807) is 6.08 Å². The van der Waals surface area contributed by atoms with Gasteiger partial charge in [0.25, 0.3) is 0 Å². The lowest BCUT2D eigenvalue weighted by molar-refractivity contribution is -0.0597. The van der Waals surface area contributed by atoms with E-state index < -0.39 is 20.8 Å². The molecule has 0 unspecified atom stereocenters. The Kier molecular flexibility index (Phi) is 12.4. The van der Waals surface area contributed by atoms with Gasteiger partial charge in [0.1, 0.15) is 6.10 Å². The van der Waals surface area contributed by atoms with Crippen LogP contribution in [0.5, 0.6) is 0 Å². The smallest absolute Gasteiger partial charge is 0.344 e. The molecule has 1 aromatic rings. The quantitative estimate of drug-likeness (QED) is 0.250. The number of rotatable bonds is 16. The van der Waals surface area contributed by atoms with Crippen LogP contribution >= 0.6 is 0 Å². The minimum Gasteiger partial charge on any atom is -0.394 e. The van der Waals surface area contributed by atoms with Crippen molar-refractivity contribution in [1.82, 2.24) is 0 Å². The van der Waals surface area contributed by atoms with Gasteiger partial charge >= 0.3 is 8.56 Å². The van der Waals surface area contributed by atoms with Crippen molar-refractivity contribution >= 4 is 8.56 Å². The first-order valence-electron chi connectivity index (χ1n) is 11.2. The Bertz CT molecular complexity index is 594. The number of aliphatic hydroxyl groups excluding tert-OH is 1. The number of unbranched alkanes of at least 4 members (excludes halogenated alkanes) is 1. The topological polar surface area (TPSA) is 47.9 Å². The normalized spacial score (nSPS) is 15.2. The van der Waals surface area contributed by atoms with Gasteiger partial charge in [-0.05, 0) is 23.1 Å². The third kappa shape index (κ3) is 7.78. The van der Waals surface area contributed by atoms with Gasteiger partial charge in [-0.3, -0.25) is 0 Å². The Hall–Kier alpha value is -1.24. The molecular weight excluding hydrogens is 392 g/mol. The van der Waals surface area contributed by atoms with Crippen LogP contribution in [0.25, 0.3) is 0 Å². The Labute approximate surface area is 185 Å². The maximum Gasteiger partial charge on any atom is 0.344 e. The molecule has 170 valence electrons. The summed E-state index contributed by atoms with van der Waals surface area (Å²) in [7, 11) is -2.69. The fourth-order valence-electron chi connectivity index (χ4n) is 3.62. The monoisotopic (exact) mass is 434 g/mol. The number of hydrogen-bond acceptors (Lipinski definition) is 4. The predicted molar refractivity (Wildman–Crippen MR) is 128 cm³/mol. The highest BCUT2D eigenvalue weighted by molar-refractivity contribution is 6.70. The predicted octanol–water partition coefficient (Wildman–Crippen LogP) is 6.16. The zero-order valence-corrected chi connectivity index (χ0v) is 20.5. The maximum absolute atomic E-state index is 10.0. The van der Waals surface area contributed by atoms with Crippen LogP contribution in [0.3, 0.4) is 0 Å². The van der Waals surface area contributed by atoms with Gasteiger partial charge in [0.15, 0.2) is 0 Å². The minimum absolute atomic E-state index is 0.0373. The van der Waals surface area contributed by atoms with Gasteiger partial charge < -0.3 is 18.7 Å². The van der Waals surface area contributed by atoms with Crippen molar-refractivity contribution in [2.75, 3.05) is 6.61 Å². The molecule has 0 aliphatic rings. The molecular formula is C25H42O4Si. The van der Waals surface area contributed by atoms with Gasteiger partial charge in [-0.25, -0.2) is 0 Å². The van der Waals surface area contributed by atoms with Crippen LogP contribution < -0.4 is 0 Å². The van der Waals surface area contributed by atoms with Gasteiger partial charge in [0.05, 0.1) is 25.4 Å². The molecule has 0 aromatic heterocycles. The van der Waals surface area contributed by atoms with Crippen LogP contribution in [0.4, 0.5) is 0 Å². The second-order valence-corrected chi connectivity index (χ2v) is 12.6.